The molecule has 0 radical (unpaired) electrons. The van der Waals surface area contributed by atoms with Crippen molar-refractivity contribution in [2.45, 2.75) is 6.42 Å². The molecule has 0 fully saturated rings. The first-order valence-corrected chi connectivity index (χ1v) is 6.23. The van der Waals surface area contributed by atoms with Crippen molar-refractivity contribution < 1.29 is 0 Å². The minimum Gasteiger partial charge on any atom is -0.236 e. The summed E-state index contributed by atoms with van der Waals surface area (Å²) in [5.74, 6) is 0. The van der Waals surface area contributed by atoms with Crippen molar-refractivity contribution in [1.29, 1.82) is 5.26 Å². The standard InChI is InChI=1S/C13H7Cl3N2/c14-9-2-1-3-10(15)12(9)13-8(6-7-17)4-5-11(16)18-13/h1-5H,6H2. The van der Waals surface area contributed by atoms with E-state index in [9.17, 15) is 0 Å². The predicted molar refractivity (Wildman–Crippen MR) is 74.0 cm³/mol. The zero-order chi connectivity index (χ0) is 13.1. The molecule has 2 nitrogen and oxygen atoms in total. The highest BCUT2D eigenvalue weighted by molar-refractivity contribution is 6.39. The van der Waals surface area contributed by atoms with Crippen LogP contribution in [0.25, 0.3) is 11.3 Å². The average molecular weight is 298 g/mol. The smallest absolute Gasteiger partial charge is 0.129 e. The lowest BCUT2D eigenvalue weighted by molar-refractivity contribution is 1.20. The van der Waals surface area contributed by atoms with Gasteiger partial charge in [-0.15, -0.1) is 0 Å². The van der Waals surface area contributed by atoms with Gasteiger partial charge in [0.15, 0.2) is 0 Å². The van der Waals surface area contributed by atoms with E-state index in [1.807, 2.05) is 0 Å². The molecule has 1 aromatic heterocycles. The zero-order valence-electron chi connectivity index (χ0n) is 9.12. The van der Waals surface area contributed by atoms with Crippen LogP contribution < -0.4 is 0 Å². The number of nitriles is 1. The van der Waals surface area contributed by atoms with Gasteiger partial charge in [0.25, 0.3) is 0 Å². The first-order valence-electron chi connectivity index (χ1n) is 5.10. The molecule has 0 bridgehead atoms. The van der Waals surface area contributed by atoms with Crippen LogP contribution in [0.1, 0.15) is 5.56 Å². The van der Waals surface area contributed by atoms with Gasteiger partial charge in [0.2, 0.25) is 0 Å². The van der Waals surface area contributed by atoms with Crippen LogP contribution in [0.2, 0.25) is 15.2 Å². The lowest BCUT2D eigenvalue weighted by atomic mass is 10.0. The molecule has 1 heterocycles. The summed E-state index contributed by atoms with van der Waals surface area (Å²) >= 11 is 18.2. The Bertz CT molecular complexity index is 612. The van der Waals surface area contributed by atoms with Gasteiger partial charge in [-0.2, -0.15) is 5.26 Å². The summed E-state index contributed by atoms with van der Waals surface area (Å²) in [5.41, 5.74) is 1.91. The molecule has 0 aliphatic rings. The van der Waals surface area contributed by atoms with E-state index in [4.69, 9.17) is 40.1 Å². The molecule has 1 aromatic carbocycles. The third kappa shape index (κ3) is 2.59. The summed E-state index contributed by atoms with van der Waals surface area (Å²) in [6.07, 6.45) is 0.223. The number of hydrogen-bond acceptors (Lipinski definition) is 2. The predicted octanol–water partition coefficient (Wildman–Crippen LogP) is 4.77. The zero-order valence-corrected chi connectivity index (χ0v) is 11.4. The number of aromatic nitrogens is 1. The van der Waals surface area contributed by atoms with Crippen LogP contribution in [0.5, 0.6) is 0 Å². The third-order valence-electron chi connectivity index (χ3n) is 2.41. The van der Waals surface area contributed by atoms with Crippen LogP contribution in [0, 0.1) is 11.3 Å². The monoisotopic (exact) mass is 296 g/mol. The first-order chi connectivity index (χ1) is 8.63. The van der Waals surface area contributed by atoms with E-state index in [1.54, 1.807) is 30.3 Å². The van der Waals surface area contributed by atoms with Gasteiger partial charge in [0.1, 0.15) is 5.15 Å². The fourth-order valence-electron chi connectivity index (χ4n) is 1.63. The highest BCUT2D eigenvalue weighted by atomic mass is 35.5. The van der Waals surface area contributed by atoms with E-state index in [0.29, 0.717) is 26.5 Å². The Morgan fingerprint density at radius 2 is 1.72 bits per heavy atom. The van der Waals surface area contributed by atoms with E-state index in [0.717, 1.165) is 5.56 Å². The lowest BCUT2D eigenvalue weighted by Gasteiger charge is -2.10. The van der Waals surface area contributed by atoms with Crippen molar-refractivity contribution in [2.24, 2.45) is 0 Å². The molecule has 18 heavy (non-hydrogen) atoms. The van der Waals surface area contributed by atoms with Crippen molar-refractivity contribution in [3.05, 3.63) is 51.1 Å². The molecule has 0 aliphatic heterocycles. The summed E-state index contributed by atoms with van der Waals surface area (Å²) in [6.45, 7) is 0. The molecule has 0 aliphatic carbocycles. The molecule has 2 rings (SSSR count). The van der Waals surface area contributed by atoms with Crippen LogP contribution in [-0.2, 0) is 6.42 Å². The van der Waals surface area contributed by atoms with Crippen molar-refractivity contribution >= 4 is 34.8 Å². The summed E-state index contributed by atoms with van der Waals surface area (Å²) < 4.78 is 0. The minimum absolute atomic E-state index is 0.223. The van der Waals surface area contributed by atoms with Gasteiger partial charge in [0, 0.05) is 5.56 Å². The third-order valence-corrected chi connectivity index (χ3v) is 3.25. The second-order valence-corrected chi connectivity index (χ2v) is 4.77. The van der Waals surface area contributed by atoms with Gasteiger partial charge in [-0.1, -0.05) is 46.9 Å². The number of halogens is 3. The normalized spacial score (nSPS) is 10.1. The van der Waals surface area contributed by atoms with Crippen LogP contribution in [0.4, 0.5) is 0 Å². The molecule has 0 unspecified atom stereocenters. The van der Waals surface area contributed by atoms with Crippen LogP contribution in [0.3, 0.4) is 0 Å². The number of nitrogens with zero attached hydrogens (tertiary/aromatic N) is 2. The highest BCUT2D eigenvalue weighted by Gasteiger charge is 2.14. The van der Waals surface area contributed by atoms with Crippen molar-refractivity contribution in [3.63, 3.8) is 0 Å². The number of pyridine rings is 1. The number of benzene rings is 1. The lowest BCUT2D eigenvalue weighted by Crippen LogP contribution is -1.94. The highest BCUT2D eigenvalue weighted by Crippen LogP contribution is 2.36. The fourth-order valence-corrected chi connectivity index (χ4v) is 2.36. The molecule has 0 amide bonds. The Labute approximate surface area is 120 Å². The van der Waals surface area contributed by atoms with Gasteiger partial charge in [-0.05, 0) is 23.8 Å². The summed E-state index contributed by atoms with van der Waals surface area (Å²) in [4.78, 5) is 4.23. The molecule has 0 saturated heterocycles. The molecule has 2 aromatic rings. The SMILES string of the molecule is N#CCc1ccc(Cl)nc1-c1c(Cl)cccc1Cl. The molecule has 0 N–H and O–H groups in total. The summed E-state index contributed by atoms with van der Waals surface area (Å²) in [6, 6.07) is 10.7. The van der Waals surface area contributed by atoms with Gasteiger partial charge in [-0.25, -0.2) is 4.98 Å². The van der Waals surface area contributed by atoms with Crippen LogP contribution >= 0.6 is 34.8 Å². The first kappa shape index (κ1) is 13.2. The molecule has 0 atom stereocenters. The van der Waals surface area contributed by atoms with Crippen LogP contribution in [0.15, 0.2) is 30.3 Å². The Balaban J connectivity index is 2.70. The van der Waals surface area contributed by atoms with Crippen LogP contribution in [-0.4, -0.2) is 4.98 Å². The van der Waals surface area contributed by atoms with E-state index < -0.39 is 0 Å². The maximum atomic E-state index is 8.82. The largest absolute Gasteiger partial charge is 0.236 e. The summed E-state index contributed by atoms with van der Waals surface area (Å²) in [5, 5.41) is 10.1. The summed E-state index contributed by atoms with van der Waals surface area (Å²) in [7, 11) is 0. The Kier molecular flexibility index (Phi) is 4.08. The molecular weight excluding hydrogens is 291 g/mol. The van der Waals surface area contributed by atoms with E-state index in [-0.39, 0.29) is 6.42 Å². The maximum Gasteiger partial charge on any atom is 0.129 e. The molecule has 5 heteroatoms. The van der Waals surface area contributed by atoms with E-state index in [2.05, 4.69) is 11.1 Å². The maximum absolute atomic E-state index is 8.82. The molecule has 90 valence electrons. The topological polar surface area (TPSA) is 36.7 Å². The average Bonchev–Trinajstić information content (AvgIpc) is 2.32. The second-order valence-electron chi connectivity index (χ2n) is 3.57. The fraction of sp³-hybridized carbons (Fsp3) is 0.0769. The van der Waals surface area contributed by atoms with E-state index >= 15 is 0 Å². The van der Waals surface area contributed by atoms with E-state index in [1.165, 1.54) is 0 Å². The van der Waals surface area contributed by atoms with Gasteiger partial charge in [0.05, 0.1) is 28.2 Å². The number of hydrogen-bond donors (Lipinski definition) is 0. The van der Waals surface area contributed by atoms with Crippen molar-refractivity contribution in [3.8, 4) is 17.3 Å². The molecule has 0 saturated carbocycles. The van der Waals surface area contributed by atoms with Gasteiger partial charge < -0.3 is 0 Å². The minimum atomic E-state index is 0.223. The van der Waals surface area contributed by atoms with Crippen molar-refractivity contribution in [1.82, 2.24) is 4.98 Å². The van der Waals surface area contributed by atoms with Crippen molar-refractivity contribution in [2.75, 3.05) is 0 Å². The molecule has 0 spiro atoms. The Morgan fingerprint density at radius 1 is 1.06 bits per heavy atom. The Hall–Kier alpha value is -1.27. The number of rotatable bonds is 2. The van der Waals surface area contributed by atoms with Gasteiger partial charge in [-0.3, -0.25) is 0 Å². The van der Waals surface area contributed by atoms with Gasteiger partial charge >= 0.3 is 0 Å². The second kappa shape index (κ2) is 5.58. The molecular formula is C13H7Cl3N2. The Morgan fingerprint density at radius 3 is 2.33 bits per heavy atom. The quantitative estimate of drug-likeness (QED) is 0.748.